The number of nitrogens with one attached hydrogen (secondary N) is 2. The summed E-state index contributed by atoms with van der Waals surface area (Å²) in [6.45, 7) is 5.60. The van der Waals surface area contributed by atoms with E-state index in [4.69, 9.17) is 4.52 Å². The molecule has 0 saturated heterocycles. The second-order valence-corrected chi connectivity index (χ2v) is 6.23. The number of benzene rings is 1. The van der Waals surface area contributed by atoms with Crippen molar-refractivity contribution < 1.29 is 14.1 Å². The average Bonchev–Trinajstić information content (AvgIpc) is 2.86. The maximum atomic E-state index is 12.3. The molecular formula is C18H21N3O3. The molecule has 126 valence electrons. The van der Waals surface area contributed by atoms with E-state index in [2.05, 4.69) is 21.9 Å². The largest absolute Gasteiger partial charge is 0.361 e. The van der Waals surface area contributed by atoms with Gasteiger partial charge in [-0.2, -0.15) is 0 Å². The molecule has 1 aliphatic rings. The standard InChI is InChI=1S/C18H21N3O3/c1-10(19-18(23)9-15-11(2)21-24-12(15)3)13-4-6-16-14(8-13)5-7-17(22)20-16/h4,6,8,10H,5,7,9H2,1-3H3,(H,19,23)(H,20,22)/t10-/m1/s1. The van der Waals surface area contributed by atoms with Crippen LogP contribution in [0.4, 0.5) is 5.69 Å². The van der Waals surface area contributed by atoms with Crippen LogP contribution in [0.15, 0.2) is 22.7 Å². The number of amides is 2. The Morgan fingerprint density at radius 1 is 1.38 bits per heavy atom. The quantitative estimate of drug-likeness (QED) is 0.904. The fourth-order valence-corrected chi connectivity index (χ4v) is 2.96. The van der Waals surface area contributed by atoms with Gasteiger partial charge in [-0.1, -0.05) is 17.3 Å². The molecule has 0 spiro atoms. The Balaban J connectivity index is 1.67. The van der Waals surface area contributed by atoms with Gasteiger partial charge in [-0.15, -0.1) is 0 Å². The van der Waals surface area contributed by atoms with Crippen LogP contribution in [-0.4, -0.2) is 17.0 Å². The molecule has 1 atom stereocenters. The summed E-state index contributed by atoms with van der Waals surface area (Å²) in [5.41, 5.74) is 4.59. The Labute approximate surface area is 140 Å². The highest BCUT2D eigenvalue weighted by molar-refractivity contribution is 5.93. The molecule has 2 amide bonds. The first-order chi connectivity index (χ1) is 11.4. The van der Waals surface area contributed by atoms with Crippen molar-refractivity contribution in [2.45, 2.75) is 46.1 Å². The highest BCUT2D eigenvalue weighted by atomic mass is 16.5. The van der Waals surface area contributed by atoms with Gasteiger partial charge >= 0.3 is 0 Å². The molecule has 2 heterocycles. The van der Waals surface area contributed by atoms with Crippen molar-refractivity contribution in [2.75, 3.05) is 5.32 Å². The average molecular weight is 327 g/mol. The van der Waals surface area contributed by atoms with E-state index in [0.29, 0.717) is 12.2 Å². The van der Waals surface area contributed by atoms with E-state index in [-0.39, 0.29) is 24.3 Å². The fraction of sp³-hybridized carbons (Fsp3) is 0.389. The molecule has 1 aromatic carbocycles. The minimum atomic E-state index is -0.110. The number of nitrogens with zero attached hydrogens (tertiary/aromatic N) is 1. The van der Waals surface area contributed by atoms with Crippen molar-refractivity contribution in [2.24, 2.45) is 0 Å². The molecular weight excluding hydrogens is 306 g/mol. The topological polar surface area (TPSA) is 84.2 Å². The number of rotatable bonds is 4. The summed E-state index contributed by atoms with van der Waals surface area (Å²) in [4.78, 5) is 23.7. The van der Waals surface area contributed by atoms with E-state index in [1.54, 1.807) is 0 Å². The Morgan fingerprint density at radius 2 is 2.17 bits per heavy atom. The van der Waals surface area contributed by atoms with Crippen molar-refractivity contribution in [1.29, 1.82) is 0 Å². The van der Waals surface area contributed by atoms with E-state index < -0.39 is 0 Å². The Kier molecular flexibility index (Phi) is 4.38. The second-order valence-electron chi connectivity index (χ2n) is 6.23. The number of hydrogen-bond acceptors (Lipinski definition) is 4. The lowest BCUT2D eigenvalue weighted by molar-refractivity contribution is -0.121. The van der Waals surface area contributed by atoms with Gasteiger partial charge < -0.3 is 15.2 Å². The molecule has 1 aromatic heterocycles. The van der Waals surface area contributed by atoms with Crippen LogP contribution in [0.25, 0.3) is 0 Å². The summed E-state index contributed by atoms with van der Waals surface area (Å²) < 4.78 is 5.09. The molecule has 0 radical (unpaired) electrons. The van der Waals surface area contributed by atoms with E-state index in [9.17, 15) is 9.59 Å². The summed E-state index contributed by atoms with van der Waals surface area (Å²) >= 11 is 0. The normalized spacial score (nSPS) is 14.7. The van der Waals surface area contributed by atoms with Crippen molar-refractivity contribution in [3.05, 3.63) is 46.3 Å². The van der Waals surface area contributed by atoms with E-state index in [0.717, 1.165) is 34.5 Å². The van der Waals surface area contributed by atoms with Crippen molar-refractivity contribution in [3.63, 3.8) is 0 Å². The number of fused-ring (bicyclic) bond motifs is 1. The molecule has 2 aromatic rings. The van der Waals surface area contributed by atoms with Crippen molar-refractivity contribution in [1.82, 2.24) is 10.5 Å². The highest BCUT2D eigenvalue weighted by Crippen LogP contribution is 2.26. The maximum Gasteiger partial charge on any atom is 0.225 e. The highest BCUT2D eigenvalue weighted by Gasteiger charge is 2.18. The second kappa shape index (κ2) is 6.47. The van der Waals surface area contributed by atoms with Gasteiger partial charge in [0.1, 0.15) is 5.76 Å². The van der Waals surface area contributed by atoms with Gasteiger partial charge in [0.2, 0.25) is 11.8 Å². The van der Waals surface area contributed by atoms with Crippen LogP contribution in [-0.2, 0) is 22.4 Å². The smallest absolute Gasteiger partial charge is 0.225 e. The van der Waals surface area contributed by atoms with Gasteiger partial charge in [0.15, 0.2) is 0 Å². The number of carbonyl (C=O) groups is 2. The first-order valence-corrected chi connectivity index (χ1v) is 8.08. The van der Waals surface area contributed by atoms with E-state index in [1.165, 1.54) is 0 Å². The molecule has 0 bridgehead atoms. The third-order valence-corrected chi connectivity index (χ3v) is 4.42. The van der Waals surface area contributed by atoms with Crippen LogP contribution < -0.4 is 10.6 Å². The molecule has 0 fully saturated rings. The molecule has 24 heavy (non-hydrogen) atoms. The first-order valence-electron chi connectivity index (χ1n) is 8.08. The van der Waals surface area contributed by atoms with Crippen LogP contribution in [0.3, 0.4) is 0 Å². The molecule has 0 aliphatic carbocycles. The number of aromatic nitrogens is 1. The van der Waals surface area contributed by atoms with Crippen LogP contribution in [0, 0.1) is 13.8 Å². The lowest BCUT2D eigenvalue weighted by Gasteiger charge is -2.20. The number of hydrogen-bond donors (Lipinski definition) is 2. The third-order valence-electron chi connectivity index (χ3n) is 4.42. The minimum Gasteiger partial charge on any atom is -0.361 e. The Morgan fingerprint density at radius 3 is 2.88 bits per heavy atom. The zero-order chi connectivity index (χ0) is 17.3. The molecule has 6 heteroatoms. The summed E-state index contributed by atoms with van der Waals surface area (Å²) in [6, 6.07) is 5.78. The lowest BCUT2D eigenvalue weighted by Crippen LogP contribution is -2.28. The summed E-state index contributed by atoms with van der Waals surface area (Å²) in [5, 5.41) is 9.75. The van der Waals surface area contributed by atoms with Crippen LogP contribution in [0.2, 0.25) is 0 Å². The summed E-state index contributed by atoms with van der Waals surface area (Å²) in [7, 11) is 0. The number of anilines is 1. The van der Waals surface area contributed by atoms with Gasteiger partial charge in [0.05, 0.1) is 18.2 Å². The van der Waals surface area contributed by atoms with Crippen LogP contribution in [0.5, 0.6) is 0 Å². The van der Waals surface area contributed by atoms with Gasteiger partial charge in [-0.25, -0.2) is 0 Å². The van der Waals surface area contributed by atoms with Crippen LogP contribution >= 0.6 is 0 Å². The van der Waals surface area contributed by atoms with Gasteiger partial charge in [0, 0.05) is 17.7 Å². The number of aryl methyl sites for hydroxylation is 3. The van der Waals surface area contributed by atoms with Crippen molar-refractivity contribution >= 4 is 17.5 Å². The van der Waals surface area contributed by atoms with Gasteiger partial charge in [-0.3, -0.25) is 9.59 Å². The van der Waals surface area contributed by atoms with E-state index in [1.807, 2.05) is 32.9 Å². The van der Waals surface area contributed by atoms with Gasteiger partial charge in [0.25, 0.3) is 0 Å². The lowest BCUT2D eigenvalue weighted by atomic mass is 9.97. The SMILES string of the molecule is Cc1noc(C)c1CC(=O)N[C@H](C)c1ccc2c(c1)CCC(=O)N2. The molecule has 2 N–H and O–H groups in total. The molecule has 0 saturated carbocycles. The summed E-state index contributed by atoms with van der Waals surface area (Å²) in [6.07, 6.45) is 1.49. The minimum absolute atomic E-state index is 0.0519. The molecule has 1 aliphatic heterocycles. The third kappa shape index (κ3) is 3.32. The number of carbonyl (C=O) groups excluding carboxylic acids is 2. The molecule has 3 rings (SSSR count). The fourth-order valence-electron chi connectivity index (χ4n) is 2.96. The Hall–Kier alpha value is -2.63. The van der Waals surface area contributed by atoms with E-state index >= 15 is 0 Å². The first kappa shape index (κ1) is 16.2. The Bertz CT molecular complexity index is 775. The molecule has 6 nitrogen and oxygen atoms in total. The van der Waals surface area contributed by atoms with Crippen molar-refractivity contribution in [3.8, 4) is 0 Å². The predicted octanol–water partition coefficient (Wildman–Crippen LogP) is 2.60. The zero-order valence-corrected chi connectivity index (χ0v) is 14.1. The molecule has 0 unspecified atom stereocenters. The van der Waals surface area contributed by atoms with Crippen LogP contribution in [0.1, 0.15) is 47.5 Å². The maximum absolute atomic E-state index is 12.3. The monoisotopic (exact) mass is 327 g/mol. The van der Waals surface area contributed by atoms with Gasteiger partial charge in [-0.05, 0) is 44.4 Å². The predicted molar refractivity (Wildman–Crippen MR) is 89.6 cm³/mol. The zero-order valence-electron chi connectivity index (χ0n) is 14.1. The summed E-state index contributed by atoms with van der Waals surface area (Å²) in [5.74, 6) is 0.666.